The van der Waals surface area contributed by atoms with Crippen LogP contribution in [-0.2, 0) is 22.6 Å². The number of methoxy groups -OCH3 is 1. The second-order valence-corrected chi connectivity index (χ2v) is 7.34. The Bertz CT molecular complexity index is 777. The van der Waals surface area contributed by atoms with Gasteiger partial charge in [0.25, 0.3) is 0 Å². The second-order valence-electron chi connectivity index (χ2n) is 7.34. The molecule has 4 rings (SSSR count). The summed E-state index contributed by atoms with van der Waals surface area (Å²) in [6.07, 6.45) is 4.16. The number of nitrogens with zero attached hydrogens (tertiary/aromatic N) is 2. The molecule has 1 saturated heterocycles. The van der Waals surface area contributed by atoms with Crippen LogP contribution in [0, 0.1) is 5.92 Å². The lowest BCUT2D eigenvalue weighted by molar-refractivity contribution is 0.0540. The van der Waals surface area contributed by atoms with Gasteiger partial charge in [0.2, 0.25) is 0 Å². The van der Waals surface area contributed by atoms with E-state index in [1.807, 2.05) is 35.0 Å². The lowest BCUT2D eigenvalue weighted by Gasteiger charge is -2.22. The predicted molar refractivity (Wildman–Crippen MR) is 99.9 cm³/mol. The van der Waals surface area contributed by atoms with Crippen LogP contribution in [0.5, 0.6) is 5.75 Å². The summed E-state index contributed by atoms with van der Waals surface area (Å²) in [5.41, 5.74) is 2.41. The molecule has 2 heterocycles. The molecule has 0 radical (unpaired) electrons. The molecule has 2 aromatic rings. The van der Waals surface area contributed by atoms with Gasteiger partial charge in [-0.15, -0.1) is 0 Å². The van der Waals surface area contributed by atoms with E-state index in [0.717, 1.165) is 50.2 Å². The van der Waals surface area contributed by atoms with Gasteiger partial charge in [-0.1, -0.05) is 30.3 Å². The van der Waals surface area contributed by atoms with Gasteiger partial charge in [0.1, 0.15) is 12.3 Å². The molecule has 0 atom stereocenters. The first-order chi connectivity index (χ1) is 13.3. The Morgan fingerprint density at radius 2 is 1.93 bits per heavy atom. The lowest BCUT2D eigenvalue weighted by Crippen LogP contribution is -2.23. The molecule has 1 aliphatic carbocycles. The normalized spacial score (nSPS) is 17.7. The van der Waals surface area contributed by atoms with E-state index in [0.29, 0.717) is 36.4 Å². The van der Waals surface area contributed by atoms with Crippen molar-refractivity contribution in [1.29, 1.82) is 0 Å². The van der Waals surface area contributed by atoms with Crippen LogP contribution in [0.25, 0.3) is 0 Å². The van der Waals surface area contributed by atoms with Gasteiger partial charge >= 0.3 is 5.97 Å². The van der Waals surface area contributed by atoms with Crippen LogP contribution >= 0.6 is 0 Å². The van der Waals surface area contributed by atoms with Crippen LogP contribution in [-0.4, -0.2) is 36.1 Å². The number of benzene rings is 1. The molecule has 1 saturated carbocycles. The van der Waals surface area contributed by atoms with Crippen molar-refractivity contribution in [3.05, 3.63) is 47.3 Å². The van der Waals surface area contributed by atoms with E-state index in [1.165, 1.54) is 7.11 Å². The molecule has 1 aromatic heterocycles. The second kappa shape index (κ2) is 8.13. The minimum absolute atomic E-state index is 0.384. The Morgan fingerprint density at radius 1 is 1.19 bits per heavy atom. The summed E-state index contributed by atoms with van der Waals surface area (Å²) < 4.78 is 18.5. The molecule has 6 heteroatoms. The fourth-order valence-corrected chi connectivity index (χ4v) is 3.56. The highest BCUT2D eigenvalue weighted by Crippen LogP contribution is 2.45. The van der Waals surface area contributed by atoms with Gasteiger partial charge in [-0.05, 0) is 37.2 Å². The van der Waals surface area contributed by atoms with Gasteiger partial charge < -0.3 is 14.2 Å². The molecule has 0 unspecified atom stereocenters. The monoisotopic (exact) mass is 370 g/mol. The van der Waals surface area contributed by atoms with Crippen LogP contribution in [0.15, 0.2) is 30.3 Å². The maximum atomic E-state index is 12.6. The molecule has 27 heavy (non-hydrogen) atoms. The predicted octanol–water partition coefficient (Wildman–Crippen LogP) is 3.55. The van der Waals surface area contributed by atoms with Crippen LogP contribution < -0.4 is 4.74 Å². The summed E-state index contributed by atoms with van der Waals surface area (Å²) >= 11 is 0. The summed E-state index contributed by atoms with van der Waals surface area (Å²) in [7, 11) is 1.41. The van der Waals surface area contributed by atoms with Crippen LogP contribution in [0.3, 0.4) is 0 Å². The number of rotatable bonds is 7. The standard InChI is InChI=1S/C21H26N2O4/c1-25-21(24)19-20(27-14-16-5-3-2-4-6-16)18(17-7-8-17)22-23(19)13-15-9-11-26-12-10-15/h2-6,15,17H,7-14H2,1H3. The van der Waals surface area contributed by atoms with E-state index >= 15 is 0 Å². The molecule has 1 aliphatic heterocycles. The zero-order valence-corrected chi connectivity index (χ0v) is 15.7. The third-order valence-corrected chi connectivity index (χ3v) is 5.28. The molecule has 6 nitrogen and oxygen atoms in total. The van der Waals surface area contributed by atoms with Gasteiger partial charge in [0, 0.05) is 25.7 Å². The fraction of sp³-hybridized carbons (Fsp3) is 0.524. The largest absolute Gasteiger partial charge is 0.484 e. The van der Waals surface area contributed by atoms with Gasteiger partial charge in [0.05, 0.1) is 7.11 Å². The average molecular weight is 370 g/mol. The topological polar surface area (TPSA) is 62.6 Å². The Morgan fingerprint density at radius 3 is 2.59 bits per heavy atom. The molecule has 144 valence electrons. The number of esters is 1. The van der Waals surface area contributed by atoms with Crippen molar-refractivity contribution in [2.45, 2.75) is 44.8 Å². The van der Waals surface area contributed by atoms with E-state index < -0.39 is 0 Å². The number of hydrogen-bond acceptors (Lipinski definition) is 5. The zero-order valence-electron chi connectivity index (χ0n) is 15.7. The molecule has 2 fully saturated rings. The van der Waals surface area contributed by atoms with Gasteiger partial charge in [-0.25, -0.2) is 4.79 Å². The van der Waals surface area contributed by atoms with E-state index in [9.17, 15) is 4.79 Å². The van der Waals surface area contributed by atoms with Crippen LogP contribution in [0.4, 0.5) is 0 Å². The van der Waals surface area contributed by atoms with E-state index in [4.69, 9.17) is 19.3 Å². The number of carbonyl (C=O) groups excluding carboxylic acids is 1. The van der Waals surface area contributed by atoms with Crippen LogP contribution in [0.1, 0.15) is 53.3 Å². The molecule has 2 aliphatic rings. The number of aromatic nitrogens is 2. The summed E-state index contributed by atoms with van der Waals surface area (Å²) in [5.74, 6) is 1.05. The smallest absolute Gasteiger partial charge is 0.360 e. The van der Waals surface area contributed by atoms with Crippen molar-refractivity contribution < 1.29 is 19.0 Å². The Balaban J connectivity index is 1.63. The zero-order chi connectivity index (χ0) is 18.6. The van der Waals surface area contributed by atoms with Crippen molar-refractivity contribution in [1.82, 2.24) is 9.78 Å². The van der Waals surface area contributed by atoms with Gasteiger partial charge in [0.15, 0.2) is 11.4 Å². The molecule has 0 bridgehead atoms. The Labute approximate surface area is 159 Å². The molecular formula is C21H26N2O4. The van der Waals surface area contributed by atoms with Crippen molar-refractivity contribution in [3.8, 4) is 5.75 Å². The molecule has 0 N–H and O–H groups in total. The van der Waals surface area contributed by atoms with E-state index in [-0.39, 0.29) is 5.97 Å². The third kappa shape index (κ3) is 4.16. The van der Waals surface area contributed by atoms with Gasteiger partial charge in [-0.2, -0.15) is 5.10 Å². The first kappa shape index (κ1) is 18.0. The highest BCUT2D eigenvalue weighted by molar-refractivity contribution is 5.91. The Hall–Kier alpha value is -2.34. The summed E-state index contributed by atoms with van der Waals surface area (Å²) in [6, 6.07) is 9.97. The van der Waals surface area contributed by atoms with Crippen LogP contribution in [0.2, 0.25) is 0 Å². The maximum absolute atomic E-state index is 12.6. The highest BCUT2D eigenvalue weighted by atomic mass is 16.5. The van der Waals surface area contributed by atoms with Crippen molar-refractivity contribution >= 4 is 5.97 Å². The SMILES string of the molecule is COC(=O)c1c(OCc2ccccc2)c(C2CC2)nn1CC1CCOCC1. The fourth-order valence-electron chi connectivity index (χ4n) is 3.56. The van der Waals surface area contributed by atoms with E-state index in [1.54, 1.807) is 0 Å². The third-order valence-electron chi connectivity index (χ3n) is 5.28. The molecule has 0 amide bonds. The van der Waals surface area contributed by atoms with E-state index in [2.05, 4.69) is 0 Å². The summed E-state index contributed by atoms with van der Waals surface area (Å²) in [6.45, 7) is 2.65. The van der Waals surface area contributed by atoms with Crippen molar-refractivity contribution in [2.75, 3.05) is 20.3 Å². The number of carbonyl (C=O) groups is 1. The minimum atomic E-state index is -0.385. The van der Waals surface area contributed by atoms with Crippen molar-refractivity contribution in [2.24, 2.45) is 5.92 Å². The molecule has 1 aromatic carbocycles. The maximum Gasteiger partial charge on any atom is 0.360 e. The highest BCUT2D eigenvalue weighted by Gasteiger charge is 2.36. The molecular weight excluding hydrogens is 344 g/mol. The molecule has 0 spiro atoms. The minimum Gasteiger partial charge on any atom is -0.484 e. The summed E-state index contributed by atoms with van der Waals surface area (Å²) in [4.78, 5) is 12.6. The lowest BCUT2D eigenvalue weighted by atomic mass is 10.0. The van der Waals surface area contributed by atoms with Crippen molar-refractivity contribution in [3.63, 3.8) is 0 Å². The number of ether oxygens (including phenoxy) is 3. The quantitative estimate of drug-likeness (QED) is 0.698. The first-order valence-corrected chi connectivity index (χ1v) is 9.69. The number of hydrogen-bond donors (Lipinski definition) is 0. The average Bonchev–Trinajstić information content (AvgIpc) is 3.50. The summed E-state index contributed by atoms with van der Waals surface area (Å²) in [5, 5.41) is 4.80. The van der Waals surface area contributed by atoms with Gasteiger partial charge in [-0.3, -0.25) is 4.68 Å². The Kier molecular flexibility index (Phi) is 5.43. The first-order valence-electron chi connectivity index (χ1n) is 9.69.